The quantitative estimate of drug-likeness (QED) is 0.227. The summed E-state index contributed by atoms with van der Waals surface area (Å²) >= 11 is 6.09. The van der Waals surface area contributed by atoms with E-state index < -0.39 is 0 Å². The van der Waals surface area contributed by atoms with Gasteiger partial charge in [-0.05, 0) is 55.0 Å². The standard InChI is InChI=1S/C33H27ClN4O4/c1-22-7-14-27(15-8-22)38-19-28(24-9-12-26(34)13-10-24)35-33(38)36-31(39)20-37(18-23-5-3-2-4-6-23)32(40)25-11-16-29-30(17-25)42-21-41-29/h2-17,19H,18,20-21H2,1H3,(H,35,36,39). The number of ether oxygens (including phenoxy) is 2. The van der Waals surface area contributed by atoms with Gasteiger partial charge >= 0.3 is 0 Å². The number of hydrogen-bond donors (Lipinski definition) is 1. The van der Waals surface area contributed by atoms with E-state index in [1.165, 1.54) is 4.90 Å². The molecule has 0 radical (unpaired) electrons. The van der Waals surface area contributed by atoms with Gasteiger partial charge in [0.15, 0.2) is 11.5 Å². The molecule has 0 unspecified atom stereocenters. The second kappa shape index (κ2) is 11.8. The van der Waals surface area contributed by atoms with Gasteiger partial charge in [-0.1, -0.05) is 71.8 Å². The van der Waals surface area contributed by atoms with E-state index in [0.29, 0.717) is 33.7 Å². The van der Waals surface area contributed by atoms with Crippen molar-refractivity contribution in [3.63, 3.8) is 0 Å². The minimum atomic E-state index is -0.387. The Morgan fingerprint density at radius 3 is 2.43 bits per heavy atom. The zero-order valence-electron chi connectivity index (χ0n) is 22.8. The van der Waals surface area contributed by atoms with Crippen LogP contribution in [0, 0.1) is 6.92 Å². The van der Waals surface area contributed by atoms with Crippen LogP contribution in [0.5, 0.6) is 11.5 Å². The van der Waals surface area contributed by atoms with Crippen molar-refractivity contribution in [2.75, 3.05) is 18.7 Å². The Kier molecular flexibility index (Phi) is 7.62. The van der Waals surface area contributed by atoms with Crippen molar-refractivity contribution < 1.29 is 19.1 Å². The van der Waals surface area contributed by atoms with E-state index in [4.69, 9.17) is 26.1 Å². The Morgan fingerprint density at radius 2 is 1.67 bits per heavy atom. The normalized spacial score (nSPS) is 11.8. The lowest BCUT2D eigenvalue weighted by Gasteiger charge is -2.23. The fourth-order valence-electron chi connectivity index (χ4n) is 4.68. The molecule has 5 aromatic rings. The van der Waals surface area contributed by atoms with Gasteiger partial charge in [0, 0.05) is 34.6 Å². The monoisotopic (exact) mass is 578 g/mol. The molecule has 2 heterocycles. The number of anilines is 1. The molecule has 1 aliphatic heterocycles. The van der Waals surface area contributed by atoms with Crippen molar-refractivity contribution in [1.29, 1.82) is 0 Å². The molecule has 2 amide bonds. The highest BCUT2D eigenvalue weighted by atomic mass is 35.5. The van der Waals surface area contributed by atoms with Crippen molar-refractivity contribution in [1.82, 2.24) is 14.5 Å². The maximum Gasteiger partial charge on any atom is 0.254 e. The van der Waals surface area contributed by atoms with Gasteiger partial charge in [-0.3, -0.25) is 19.5 Å². The molecule has 9 heteroatoms. The van der Waals surface area contributed by atoms with Crippen molar-refractivity contribution >= 4 is 29.4 Å². The Bertz CT molecular complexity index is 1730. The van der Waals surface area contributed by atoms with Crippen molar-refractivity contribution in [2.24, 2.45) is 0 Å². The van der Waals surface area contributed by atoms with Gasteiger partial charge < -0.3 is 14.4 Å². The summed E-state index contributed by atoms with van der Waals surface area (Å²) in [5.74, 6) is 0.722. The highest BCUT2D eigenvalue weighted by Crippen LogP contribution is 2.33. The van der Waals surface area contributed by atoms with Crippen LogP contribution in [0.15, 0.2) is 103 Å². The Balaban J connectivity index is 1.29. The van der Waals surface area contributed by atoms with Gasteiger partial charge in [-0.25, -0.2) is 4.98 Å². The van der Waals surface area contributed by atoms with Gasteiger partial charge in [-0.2, -0.15) is 0 Å². The number of carbonyl (C=O) groups is 2. The molecule has 1 aromatic heterocycles. The van der Waals surface area contributed by atoms with Crippen LogP contribution in [-0.2, 0) is 11.3 Å². The average molecular weight is 579 g/mol. The molecule has 42 heavy (non-hydrogen) atoms. The molecular weight excluding hydrogens is 552 g/mol. The zero-order valence-corrected chi connectivity index (χ0v) is 23.5. The lowest BCUT2D eigenvalue weighted by Crippen LogP contribution is -2.38. The summed E-state index contributed by atoms with van der Waals surface area (Å²) < 4.78 is 12.7. The van der Waals surface area contributed by atoms with E-state index in [-0.39, 0.29) is 31.7 Å². The van der Waals surface area contributed by atoms with Crippen molar-refractivity contribution in [3.05, 3.63) is 125 Å². The molecule has 6 rings (SSSR count). The lowest BCUT2D eigenvalue weighted by molar-refractivity contribution is -0.117. The van der Waals surface area contributed by atoms with Gasteiger partial charge in [0.25, 0.3) is 5.91 Å². The number of nitrogens with zero attached hydrogens (tertiary/aromatic N) is 3. The Hall–Kier alpha value is -5.08. The summed E-state index contributed by atoms with van der Waals surface area (Å²) in [6.07, 6.45) is 1.86. The zero-order chi connectivity index (χ0) is 29.1. The van der Waals surface area contributed by atoms with Crippen molar-refractivity contribution in [3.8, 4) is 28.4 Å². The van der Waals surface area contributed by atoms with Crippen LogP contribution in [0.4, 0.5) is 5.95 Å². The number of fused-ring (bicyclic) bond motifs is 1. The number of carbonyl (C=O) groups excluding carboxylic acids is 2. The third kappa shape index (κ3) is 5.99. The summed E-state index contributed by atoms with van der Waals surface area (Å²) in [6, 6.07) is 29.8. The van der Waals surface area contributed by atoms with Gasteiger partial charge in [0.05, 0.1) is 5.69 Å². The molecule has 0 saturated heterocycles. The number of aryl methyl sites for hydroxylation is 1. The van der Waals surface area contributed by atoms with Crippen LogP contribution < -0.4 is 14.8 Å². The molecule has 8 nitrogen and oxygen atoms in total. The third-order valence-corrected chi connectivity index (χ3v) is 7.12. The molecule has 0 spiro atoms. The number of halogens is 1. The van der Waals surface area contributed by atoms with E-state index in [9.17, 15) is 9.59 Å². The summed E-state index contributed by atoms with van der Waals surface area (Å²) in [5, 5.41) is 3.56. The first kappa shape index (κ1) is 27.1. The van der Waals surface area contributed by atoms with Gasteiger partial charge in [0.2, 0.25) is 18.6 Å². The predicted octanol–water partition coefficient (Wildman–Crippen LogP) is 6.51. The van der Waals surface area contributed by atoms with Crippen LogP contribution in [0.2, 0.25) is 5.02 Å². The average Bonchev–Trinajstić information content (AvgIpc) is 3.65. The Labute approximate surface area is 248 Å². The van der Waals surface area contributed by atoms with E-state index in [1.54, 1.807) is 30.3 Å². The molecule has 0 aliphatic carbocycles. The number of hydrogen-bond acceptors (Lipinski definition) is 5. The van der Waals surface area contributed by atoms with Crippen molar-refractivity contribution in [2.45, 2.75) is 13.5 Å². The third-order valence-electron chi connectivity index (χ3n) is 6.87. The minimum absolute atomic E-state index is 0.106. The van der Waals surface area contributed by atoms with Crippen LogP contribution in [0.25, 0.3) is 16.9 Å². The molecule has 4 aromatic carbocycles. The molecule has 0 atom stereocenters. The van der Waals surface area contributed by atoms with E-state index in [0.717, 1.165) is 22.4 Å². The predicted molar refractivity (Wildman–Crippen MR) is 161 cm³/mol. The number of amides is 2. The highest BCUT2D eigenvalue weighted by molar-refractivity contribution is 6.30. The first-order valence-corrected chi connectivity index (χ1v) is 13.8. The summed E-state index contributed by atoms with van der Waals surface area (Å²) in [5.41, 5.74) is 4.76. The van der Waals surface area contributed by atoms with Crippen LogP contribution in [0.1, 0.15) is 21.5 Å². The summed E-state index contributed by atoms with van der Waals surface area (Å²) in [7, 11) is 0. The summed E-state index contributed by atoms with van der Waals surface area (Å²) in [6.45, 7) is 2.16. The molecule has 0 saturated carbocycles. The fraction of sp³-hybridized carbons (Fsp3) is 0.121. The van der Waals surface area contributed by atoms with Crippen LogP contribution in [-0.4, -0.2) is 39.6 Å². The molecular formula is C33H27ClN4O4. The number of nitrogens with one attached hydrogen (secondary N) is 1. The van der Waals surface area contributed by atoms with Gasteiger partial charge in [-0.15, -0.1) is 0 Å². The molecule has 1 N–H and O–H groups in total. The van der Waals surface area contributed by atoms with E-state index in [1.807, 2.05) is 84.4 Å². The summed E-state index contributed by atoms with van der Waals surface area (Å²) in [4.78, 5) is 33.5. The molecule has 0 fully saturated rings. The maximum atomic E-state index is 13.7. The Morgan fingerprint density at radius 1 is 0.929 bits per heavy atom. The highest BCUT2D eigenvalue weighted by Gasteiger charge is 2.24. The molecule has 1 aliphatic rings. The minimum Gasteiger partial charge on any atom is -0.454 e. The number of aromatic nitrogens is 2. The van der Waals surface area contributed by atoms with Gasteiger partial charge in [0.1, 0.15) is 6.54 Å². The number of rotatable bonds is 8. The first-order valence-electron chi connectivity index (χ1n) is 13.4. The van der Waals surface area contributed by atoms with E-state index >= 15 is 0 Å². The molecule has 210 valence electrons. The smallest absolute Gasteiger partial charge is 0.254 e. The second-order valence-electron chi connectivity index (χ2n) is 9.93. The maximum absolute atomic E-state index is 13.7. The first-order chi connectivity index (χ1) is 20.4. The second-order valence-corrected chi connectivity index (χ2v) is 10.4. The van der Waals surface area contributed by atoms with Crippen LogP contribution in [0.3, 0.4) is 0 Å². The fourth-order valence-corrected chi connectivity index (χ4v) is 4.81. The van der Waals surface area contributed by atoms with E-state index in [2.05, 4.69) is 5.32 Å². The van der Waals surface area contributed by atoms with Crippen LogP contribution >= 0.6 is 11.6 Å². The largest absolute Gasteiger partial charge is 0.454 e. The molecule has 0 bridgehead atoms. The topological polar surface area (TPSA) is 85.7 Å². The number of imidazole rings is 1. The number of benzene rings is 4. The SMILES string of the molecule is Cc1ccc(-n2cc(-c3ccc(Cl)cc3)nc2NC(=O)CN(Cc2ccccc2)C(=O)c2ccc3c(c2)OCO3)cc1. The lowest BCUT2D eigenvalue weighted by atomic mass is 10.1.